The maximum atomic E-state index is 13.0. The quantitative estimate of drug-likeness (QED) is 0.869. The molecule has 0 spiro atoms. The summed E-state index contributed by atoms with van der Waals surface area (Å²) in [5, 5.41) is 5.82. The van der Waals surface area contributed by atoms with Crippen LogP contribution in [0.15, 0.2) is 18.2 Å². The predicted molar refractivity (Wildman–Crippen MR) is 65.2 cm³/mol. The number of rotatable bonds is 3. The minimum absolute atomic E-state index is 0.145. The van der Waals surface area contributed by atoms with Crippen LogP contribution in [0.5, 0.6) is 0 Å². The lowest BCUT2D eigenvalue weighted by atomic mass is 9.94. The largest absolute Gasteiger partial charge is 0.326 e. The molecule has 1 aromatic carbocycles. The van der Waals surface area contributed by atoms with Gasteiger partial charge in [0, 0.05) is 18.2 Å². The first-order chi connectivity index (χ1) is 8.65. The zero-order valence-corrected chi connectivity index (χ0v) is 10.0. The Labute approximate surface area is 105 Å². The molecule has 1 aliphatic heterocycles. The highest BCUT2D eigenvalue weighted by atomic mass is 19.2. The first-order valence-corrected chi connectivity index (χ1v) is 6.11. The van der Waals surface area contributed by atoms with Crippen molar-refractivity contribution in [2.24, 2.45) is 5.92 Å². The van der Waals surface area contributed by atoms with Crippen molar-refractivity contribution in [2.45, 2.75) is 19.3 Å². The Morgan fingerprint density at radius 3 is 2.67 bits per heavy atom. The van der Waals surface area contributed by atoms with E-state index >= 15 is 0 Å². The van der Waals surface area contributed by atoms with Gasteiger partial charge in [0.05, 0.1) is 0 Å². The third-order valence-electron chi connectivity index (χ3n) is 3.14. The number of nitrogens with one attached hydrogen (secondary N) is 2. The summed E-state index contributed by atoms with van der Waals surface area (Å²) in [4.78, 5) is 11.7. The minimum atomic E-state index is -0.949. The van der Waals surface area contributed by atoms with Gasteiger partial charge in [0.1, 0.15) is 0 Å². The van der Waals surface area contributed by atoms with Crippen molar-refractivity contribution < 1.29 is 13.6 Å². The van der Waals surface area contributed by atoms with E-state index in [1.165, 1.54) is 6.07 Å². The van der Waals surface area contributed by atoms with E-state index in [2.05, 4.69) is 10.6 Å². The van der Waals surface area contributed by atoms with Crippen LogP contribution in [-0.4, -0.2) is 19.0 Å². The Morgan fingerprint density at radius 2 is 2.00 bits per heavy atom. The van der Waals surface area contributed by atoms with Crippen LogP contribution in [0.1, 0.15) is 19.3 Å². The van der Waals surface area contributed by atoms with Gasteiger partial charge >= 0.3 is 0 Å². The number of carbonyl (C=O) groups is 1. The summed E-state index contributed by atoms with van der Waals surface area (Å²) >= 11 is 0. The lowest BCUT2D eigenvalue weighted by Gasteiger charge is -2.21. The molecular formula is C13H16F2N2O. The minimum Gasteiger partial charge on any atom is -0.326 e. The van der Waals surface area contributed by atoms with Gasteiger partial charge in [-0.1, -0.05) is 0 Å². The summed E-state index contributed by atoms with van der Waals surface area (Å²) in [7, 11) is 0. The van der Waals surface area contributed by atoms with Gasteiger partial charge in [-0.05, 0) is 44.0 Å². The Balaban J connectivity index is 1.88. The van der Waals surface area contributed by atoms with E-state index in [4.69, 9.17) is 0 Å². The van der Waals surface area contributed by atoms with E-state index in [-0.39, 0.29) is 5.91 Å². The van der Waals surface area contributed by atoms with E-state index in [9.17, 15) is 13.6 Å². The smallest absolute Gasteiger partial charge is 0.224 e. The molecule has 1 amide bonds. The second-order valence-electron chi connectivity index (χ2n) is 4.57. The number of hydrogen-bond donors (Lipinski definition) is 2. The van der Waals surface area contributed by atoms with Crippen molar-refractivity contribution in [3.63, 3.8) is 0 Å². The van der Waals surface area contributed by atoms with Crippen molar-refractivity contribution in [1.29, 1.82) is 0 Å². The molecule has 5 heteroatoms. The molecule has 0 saturated carbocycles. The fourth-order valence-corrected chi connectivity index (χ4v) is 2.13. The average molecular weight is 254 g/mol. The fourth-order valence-electron chi connectivity index (χ4n) is 2.13. The molecule has 0 radical (unpaired) electrons. The number of halogens is 2. The number of amides is 1. The molecule has 1 aliphatic rings. The molecule has 98 valence electrons. The summed E-state index contributed by atoms with van der Waals surface area (Å²) in [6.07, 6.45) is 2.39. The number of hydrogen-bond acceptors (Lipinski definition) is 2. The predicted octanol–water partition coefficient (Wildman–Crippen LogP) is 2.29. The summed E-state index contributed by atoms with van der Waals surface area (Å²) in [5.41, 5.74) is 0.299. The molecule has 1 aromatic rings. The van der Waals surface area contributed by atoms with Gasteiger partial charge in [-0.25, -0.2) is 8.78 Å². The van der Waals surface area contributed by atoms with Crippen molar-refractivity contribution in [2.75, 3.05) is 18.4 Å². The lowest BCUT2D eigenvalue weighted by Crippen LogP contribution is -2.30. The van der Waals surface area contributed by atoms with Crippen LogP contribution in [0.25, 0.3) is 0 Å². The number of carbonyl (C=O) groups excluding carboxylic acids is 1. The zero-order valence-electron chi connectivity index (χ0n) is 10.0. The highest BCUT2D eigenvalue weighted by Crippen LogP contribution is 2.18. The van der Waals surface area contributed by atoms with Gasteiger partial charge in [0.2, 0.25) is 5.91 Å². The molecule has 3 nitrogen and oxygen atoms in total. The van der Waals surface area contributed by atoms with Crippen molar-refractivity contribution in [1.82, 2.24) is 5.32 Å². The van der Waals surface area contributed by atoms with Crippen LogP contribution < -0.4 is 10.6 Å². The molecule has 18 heavy (non-hydrogen) atoms. The Hall–Kier alpha value is -1.49. The van der Waals surface area contributed by atoms with E-state index < -0.39 is 11.6 Å². The lowest BCUT2D eigenvalue weighted by molar-refractivity contribution is -0.117. The molecular weight excluding hydrogens is 238 g/mol. The number of piperidine rings is 1. The molecule has 1 saturated heterocycles. The summed E-state index contributed by atoms with van der Waals surface area (Å²) < 4.78 is 25.7. The number of anilines is 1. The SMILES string of the molecule is O=C(CC1CCNCC1)Nc1ccc(F)c(F)c1. The van der Waals surface area contributed by atoms with Crippen LogP contribution in [0.2, 0.25) is 0 Å². The van der Waals surface area contributed by atoms with Gasteiger partial charge in [-0.2, -0.15) is 0 Å². The van der Waals surface area contributed by atoms with Gasteiger partial charge < -0.3 is 10.6 Å². The monoisotopic (exact) mass is 254 g/mol. The first kappa shape index (κ1) is 13.0. The maximum absolute atomic E-state index is 13.0. The molecule has 1 heterocycles. The van der Waals surface area contributed by atoms with Crippen LogP contribution in [0.3, 0.4) is 0 Å². The van der Waals surface area contributed by atoms with Crippen LogP contribution >= 0.6 is 0 Å². The molecule has 2 N–H and O–H groups in total. The standard InChI is InChI=1S/C13H16F2N2O/c14-11-2-1-10(8-12(11)15)17-13(18)7-9-3-5-16-6-4-9/h1-2,8-9,16H,3-7H2,(H,17,18). The summed E-state index contributed by atoms with van der Waals surface area (Å²) in [5.74, 6) is -1.63. The Kier molecular flexibility index (Phi) is 4.25. The highest BCUT2D eigenvalue weighted by Gasteiger charge is 2.17. The second-order valence-corrected chi connectivity index (χ2v) is 4.57. The summed E-state index contributed by atoms with van der Waals surface area (Å²) in [6.45, 7) is 1.87. The molecule has 2 rings (SSSR count). The van der Waals surface area contributed by atoms with E-state index in [1.54, 1.807) is 0 Å². The van der Waals surface area contributed by atoms with E-state index in [0.29, 0.717) is 18.0 Å². The van der Waals surface area contributed by atoms with Crippen molar-refractivity contribution >= 4 is 11.6 Å². The topological polar surface area (TPSA) is 41.1 Å². The van der Waals surface area contributed by atoms with Crippen LogP contribution in [0, 0.1) is 17.6 Å². The molecule has 0 unspecified atom stereocenters. The summed E-state index contributed by atoms with van der Waals surface area (Å²) in [6, 6.07) is 3.36. The van der Waals surface area contributed by atoms with Crippen molar-refractivity contribution in [3.05, 3.63) is 29.8 Å². The first-order valence-electron chi connectivity index (χ1n) is 6.11. The second kappa shape index (κ2) is 5.91. The molecule has 0 aliphatic carbocycles. The fraction of sp³-hybridized carbons (Fsp3) is 0.462. The van der Waals surface area contributed by atoms with Gasteiger partial charge in [-0.3, -0.25) is 4.79 Å². The van der Waals surface area contributed by atoms with Gasteiger partial charge in [-0.15, -0.1) is 0 Å². The molecule has 0 aromatic heterocycles. The Morgan fingerprint density at radius 1 is 1.28 bits per heavy atom. The third kappa shape index (κ3) is 3.50. The van der Waals surface area contributed by atoms with Gasteiger partial charge in [0.15, 0.2) is 11.6 Å². The zero-order chi connectivity index (χ0) is 13.0. The van der Waals surface area contributed by atoms with Crippen molar-refractivity contribution in [3.8, 4) is 0 Å². The van der Waals surface area contributed by atoms with E-state index in [0.717, 1.165) is 38.1 Å². The highest BCUT2D eigenvalue weighted by molar-refractivity contribution is 5.90. The number of benzene rings is 1. The Bertz CT molecular complexity index is 431. The molecule has 0 atom stereocenters. The van der Waals surface area contributed by atoms with E-state index in [1.807, 2.05) is 0 Å². The third-order valence-corrected chi connectivity index (χ3v) is 3.14. The molecule has 0 bridgehead atoms. The van der Waals surface area contributed by atoms with Crippen LogP contribution in [0.4, 0.5) is 14.5 Å². The van der Waals surface area contributed by atoms with Gasteiger partial charge in [0.25, 0.3) is 0 Å². The maximum Gasteiger partial charge on any atom is 0.224 e. The molecule has 1 fully saturated rings. The normalized spacial score (nSPS) is 16.6. The van der Waals surface area contributed by atoms with Crippen LogP contribution in [-0.2, 0) is 4.79 Å². The average Bonchev–Trinajstić information content (AvgIpc) is 2.35.